The van der Waals surface area contributed by atoms with Gasteiger partial charge in [-0.25, -0.2) is 9.59 Å². The number of nitrogens with two attached hydrogens (primary N) is 1. The van der Waals surface area contributed by atoms with Crippen molar-refractivity contribution < 1.29 is 19.1 Å². The summed E-state index contributed by atoms with van der Waals surface area (Å²) in [4.78, 5) is 25.0. The first-order chi connectivity index (χ1) is 14.5. The third-order valence-electron chi connectivity index (χ3n) is 5.05. The van der Waals surface area contributed by atoms with Gasteiger partial charge in [0.2, 0.25) is 0 Å². The van der Waals surface area contributed by atoms with Crippen molar-refractivity contribution >= 4 is 28.8 Å². The molecule has 3 aromatic carbocycles. The summed E-state index contributed by atoms with van der Waals surface area (Å²) in [5.74, 6) is -0.0120. The van der Waals surface area contributed by atoms with E-state index in [4.69, 9.17) is 15.2 Å². The minimum absolute atomic E-state index is 0.416. The van der Waals surface area contributed by atoms with E-state index in [0.717, 1.165) is 11.1 Å². The van der Waals surface area contributed by atoms with E-state index < -0.39 is 11.9 Å². The van der Waals surface area contributed by atoms with Crippen molar-refractivity contribution in [3.05, 3.63) is 87.8 Å². The van der Waals surface area contributed by atoms with Crippen molar-refractivity contribution in [2.45, 2.75) is 20.8 Å². The van der Waals surface area contributed by atoms with Crippen molar-refractivity contribution in [3.63, 3.8) is 0 Å². The van der Waals surface area contributed by atoms with E-state index in [1.54, 1.807) is 24.3 Å². The van der Waals surface area contributed by atoms with Crippen LogP contribution < -0.4 is 25.6 Å². The van der Waals surface area contributed by atoms with Crippen LogP contribution in [0.4, 0.5) is 5.69 Å². The summed E-state index contributed by atoms with van der Waals surface area (Å²) in [7, 11) is 0. The second-order valence-corrected chi connectivity index (χ2v) is 6.81. The maximum Gasteiger partial charge on any atom is 0.344 e. The third kappa shape index (κ3) is 3.05. The molecule has 2 N–H and O–H groups in total. The number of esters is 2. The molecule has 0 aromatic heterocycles. The number of aryl methyl sites for hydroxylation is 1. The highest BCUT2D eigenvalue weighted by Gasteiger charge is 2.30. The highest BCUT2D eigenvalue weighted by Crippen LogP contribution is 2.28. The molecule has 150 valence electrons. The zero-order valence-corrected chi connectivity index (χ0v) is 17.0. The van der Waals surface area contributed by atoms with Crippen LogP contribution in [0.5, 0.6) is 11.5 Å². The number of hydrogen-bond acceptors (Lipinski definition) is 5. The SMILES string of the molecule is CC.Cc1cc(C2=c3cc4c(cc3OC2=O)=C(c2ccccc2)C(=O)O4)ccc1N. The predicted octanol–water partition coefficient (Wildman–Crippen LogP) is 2.84. The fourth-order valence-electron chi connectivity index (χ4n) is 3.62. The lowest BCUT2D eigenvalue weighted by atomic mass is 10.00. The Balaban J connectivity index is 0.00000106. The number of carbonyl (C=O) groups is 2. The lowest BCUT2D eigenvalue weighted by Gasteiger charge is -2.04. The lowest BCUT2D eigenvalue weighted by Crippen LogP contribution is -2.11. The molecule has 5 rings (SSSR count). The second kappa shape index (κ2) is 7.52. The van der Waals surface area contributed by atoms with Crippen molar-refractivity contribution in [2.24, 2.45) is 0 Å². The van der Waals surface area contributed by atoms with Gasteiger partial charge in [-0.1, -0.05) is 50.2 Å². The van der Waals surface area contributed by atoms with Gasteiger partial charge in [-0.05, 0) is 47.9 Å². The first-order valence-corrected chi connectivity index (χ1v) is 9.82. The van der Waals surface area contributed by atoms with Crippen LogP contribution in [0.2, 0.25) is 0 Å². The van der Waals surface area contributed by atoms with Gasteiger partial charge in [0.25, 0.3) is 0 Å². The molecule has 0 atom stereocenters. The summed E-state index contributed by atoms with van der Waals surface area (Å²) in [6.45, 7) is 5.88. The quantitative estimate of drug-likeness (QED) is 0.407. The summed E-state index contributed by atoms with van der Waals surface area (Å²) in [5.41, 5.74) is 9.79. The van der Waals surface area contributed by atoms with Gasteiger partial charge < -0.3 is 15.2 Å². The number of fused-ring (bicyclic) bond motifs is 2. The molecule has 0 aliphatic carbocycles. The first-order valence-electron chi connectivity index (χ1n) is 9.82. The Bertz CT molecular complexity index is 1310. The summed E-state index contributed by atoms with van der Waals surface area (Å²) >= 11 is 0. The van der Waals surface area contributed by atoms with E-state index in [-0.39, 0.29) is 0 Å². The molecule has 0 radical (unpaired) electrons. The van der Waals surface area contributed by atoms with Gasteiger partial charge >= 0.3 is 11.9 Å². The first kappa shape index (κ1) is 19.5. The monoisotopic (exact) mass is 399 g/mol. The summed E-state index contributed by atoms with van der Waals surface area (Å²) in [5, 5.41) is 1.23. The van der Waals surface area contributed by atoms with Gasteiger partial charge in [-0.15, -0.1) is 0 Å². The Hall–Kier alpha value is -3.86. The normalized spacial score (nSPS) is 13.8. The van der Waals surface area contributed by atoms with Crippen LogP contribution in [-0.2, 0) is 9.59 Å². The average Bonchev–Trinajstić information content (AvgIpc) is 3.24. The number of hydrogen-bond donors (Lipinski definition) is 1. The molecule has 2 heterocycles. The van der Waals surface area contributed by atoms with Crippen LogP contribution in [0.25, 0.3) is 11.1 Å². The highest BCUT2D eigenvalue weighted by atomic mass is 16.5. The molecule has 5 nitrogen and oxygen atoms in total. The molecule has 0 spiro atoms. The molecule has 0 fully saturated rings. The van der Waals surface area contributed by atoms with Gasteiger partial charge in [-0.3, -0.25) is 0 Å². The van der Waals surface area contributed by atoms with Crippen molar-refractivity contribution in [2.75, 3.05) is 5.73 Å². The summed E-state index contributed by atoms with van der Waals surface area (Å²) in [6, 6.07) is 18.1. The molecule has 3 aromatic rings. The predicted molar refractivity (Wildman–Crippen MR) is 115 cm³/mol. The summed E-state index contributed by atoms with van der Waals surface area (Å²) < 4.78 is 11.0. The molecule has 0 saturated carbocycles. The third-order valence-corrected chi connectivity index (χ3v) is 5.05. The van der Waals surface area contributed by atoms with Crippen molar-refractivity contribution in [3.8, 4) is 11.5 Å². The average molecular weight is 399 g/mol. The highest BCUT2D eigenvalue weighted by molar-refractivity contribution is 6.21. The Morgan fingerprint density at radius 1 is 0.700 bits per heavy atom. The number of ether oxygens (including phenoxy) is 2. The van der Waals surface area contributed by atoms with E-state index in [1.165, 1.54) is 0 Å². The Morgan fingerprint density at radius 2 is 1.23 bits per heavy atom. The molecule has 0 bridgehead atoms. The van der Waals surface area contributed by atoms with Gasteiger partial charge in [0.15, 0.2) is 0 Å². The minimum Gasteiger partial charge on any atom is -0.422 e. The zero-order chi connectivity index (χ0) is 21.4. The Morgan fingerprint density at radius 3 is 1.77 bits per heavy atom. The zero-order valence-electron chi connectivity index (χ0n) is 17.0. The van der Waals surface area contributed by atoms with Gasteiger partial charge in [0.1, 0.15) is 11.5 Å². The van der Waals surface area contributed by atoms with Crippen LogP contribution in [0, 0.1) is 6.92 Å². The Labute approximate surface area is 174 Å². The molecule has 2 aliphatic rings. The lowest BCUT2D eigenvalue weighted by molar-refractivity contribution is -0.128. The van der Waals surface area contributed by atoms with Crippen LogP contribution in [0.1, 0.15) is 30.5 Å². The maximum atomic E-state index is 12.6. The maximum absolute atomic E-state index is 12.6. The van der Waals surface area contributed by atoms with Gasteiger partial charge in [0.05, 0.1) is 11.1 Å². The van der Waals surface area contributed by atoms with Crippen molar-refractivity contribution in [1.82, 2.24) is 0 Å². The smallest absolute Gasteiger partial charge is 0.344 e. The number of anilines is 1. The topological polar surface area (TPSA) is 78.6 Å². The standard InChI is InChI=1S/C23H15NO4.C2H6/c1-12-9-14(7-8-17(12)24)21-16-11-18-15(10-19(16)28-23(21)26)20(22(25)27-18)13-5-3-2-4-6-13;1-2/h2-11H,24H2,1H3;1-2H3. The fraction of sp³-hybridized carbons (Fsp3) is 0.120. The van der Waals surface area contributed by atoms with E-state index in [0.29, 0.717) is 44.3 Å². The van der Waals surface area contributed by atoms with E-state index in [9.17, 15) is 9.59 Å². The molecule has 0 amide bonds. The minimum atomic E-state index is -0.435. The van der Waals surface area contributed by atoms with Gasteiger partial charge in [0, 0.05) is 16.1 Å². The van der Waals surface area contributed by atoms with Crippen LogP contribution in [0.15, 0.2) is 60.7 Å². The van der Waals surface area contributed by atoms with Crippen LogP contribution in [-0.4, -0.2) is 11.9 Å². The van der Waals surface area contributed by atoms with E-state index in [2.05, 4.69) is 0 Å². The van der Waals surface area contributed by atoms with E-state index in [1.807, 2.05) is 57.2 Å². The van der Waals surface area contributed by atoms with Crippen molar-refractivity contribution in [1.29, 1.82) is 0 Å². The molecular weight excluding hydrogens is 378 g/mol. The molecule has 0 unspecified atom stereocenters. The molecule has 0 saturated heterocycles. The van der Waals surface area contributed by atoms with E-state index >= 15 is 0 Å². The number of rotatable bonds is 2. The second-order valence-electron chi connectivity index (χ2n) is 6.81. The molecule has 5 heteroatoms. The molecule has 30 heavy (non-hydrogen) atoms. The van der Waals surface area contributed by atoms with Gasteiger partial charge in [-0.2, -0.15) is 0 Å². The fourth-order valence-corrected chi connectivity index (χ4v) is 3.62. The molecular formula is C25H21NO4. The Kier molecular flexibility index (Phi) is 4.88. The van der Waals surface area contributed by atoms with Crippen LogP contribution >= 0.6 is 0 Å². The number of benzene rings is 3. The van der Waals surface area contributed by atoms with Crippen LogP contribution in [0.3, 0.4) is 0 Å². The largest absolute Gasteiger partial charge is 0.422 e. The summed E-state index contributed by atoms with van der Waals surface area (Å²) in [6.07, 6.45) is 0. The number of nitrogen functional groups attached to an aromatic ring is 1. The molecule has 2 aliphatic heterocycles. The number of carbonyl (C=O) groups excluding carboxylic acids is 2.